The van der Waals surface area contributed by atoms with Crippen LogP contribution < -0.4 is 5.43 Å². The van der Waals surface area contributed by atoms with E-state index in [1.54, 1.807) is 0 Å². The number of rotatable bonds is 5. The average Bonchev–Trinajstić information content (AvgIpc) is 2.94. The van der Waals surface area contributed by atoms with Gasteiger partial charge in [-0.3, -0.25) is 4.79 Å². The molecule has 0 spiro atoms. The highest BCUT2D eigenvalue weighted by molar-refractivity contribution is 7.10. The third kappa shape index (κ3) is 3.99. The van der Waals surface area contributed by atoms with Gasteiger partial charge in [0.1, 0.15) is 5.01 Å². The van der Waals surface area contributed by atoms with E-state index in [0.29, 0.717) is 0 Å². The van der Waals surface area contributed by atoms with Gasteiger partial charge in [0.25, 0.3) is 0 Å². The Bertz CT molecular complexity index is 605. The first-order chi connectivity index (χ1) is 9.69. The van der Waals surface area contributed by atoms with Gasteiger partial charge in [-0.1, -0.05) is 37.3 Å². The highest BCUT2D eigenvalue weighted by Crippen LogP contribution is 2.21. The number of nitrogens with one attached hydrogen (secondary N) is 1. The zero-order valence-electron chi connectivity index (χ0n) is 11.6. The summed E-state index contributed by atoms with van der Waals surface area (Å²) in [5.41, 5.74) is 5.43. The fraction of sp³-hybridized carbons (Fsp3) is 0.267. The molecule has 5 heteroatoms. The fourth-order valence-corrected chi connectivity index (χ4v) is 2.35. The standard InChI is InChI=1S/C15H17N3OS/c1-3-11(2)17-18-14(19)9-15-16-13(10-20-15)12-7-5-4-6-8-12/h4-8,10H,3,9H2,1-2H3,(H,18,19)/b17-11-. The Morgan fingerprint density at radius 2 is 2.10 bits per heavy atom. The van der Waals surface area contributed by atoms with Gasteiger partial charge in [0.2, 0.25) is 5.91 Å². The molecular weight excluding hydrogens is 270 g/mol. The summed E-state index contributed by atoms with van der Waals surface area (Å²) in [5, 5.41) is 6.77. The van der Waals surface area contributed by atoms with Crippen LogP contribution in [0, 0.1) is 0 Å². The zero-order chi connectivity index (χ0) is 14.4. The number of nitrogens with zero attached hydrogens (tertiary/aromatic N) is 2. The van der Waals surface area contributed by atoms with E-state index in [2.05, 4.69) is 15.5 Å². The number of hydrazone groups is 1. The van der Waals surface area contributed by atoms with Crippen molar-refractivity contribution in [3.05, 3.63) is 40.7 Å². The van der Waals surface area contributed by atoms with E-state index in [1.165, 1.54) is 11.3 Å². The Morgan fingerprint density at radius 1 is 1.35 bits per heavy atom. The van der Waals surface area contributed by atoms with Gasteiger partial charge in [0.15, 0.2) is 0 Å². The molecule has 0 unspecified atom stereocenters. The van der Waals surface area contributed by atoms with E-state index < -0.39 is 0 Å². The average molecular weight is 287 g/mol. The molecule has 1 aromatic heterocycles. The minimum Gasteiger partial charge on any atom is -0.273 e. The highest BCUT2D eigenvalue weighted by Gasteiger charge is 2.08. The molecule has 20 heavy (non-hydrogen) atoms. The molecule has 0 atom stereocenters. The summed E-state index contributed by atoms with van der Waals surface area (Å²) >= 11 is 1.49. The molecule has 0 fully saturated rings. The minimum absolute atomic E-state index is 0.133. The van der Waals surface area contributed by atoms with E-state index in [0.717, 1.165) is 28.4 Å². The van der Waals surface area contributed by atoms with Gasteiger partial charge < -0.3 is 0 Å². The molecule has 1 amide bonds. The van der Waals surface area contributed by atoms with Gasteiger partial charge in [0.05, 0.1) is 12.1 Å². The summed E-state index contributed by atoms with van der Waals surface area (Å²) in [6.45, 7) is 3.88. The van der Waals surface area contributed by atoms with Crippen molar-refractivity contribution in [1.82, 2.24) is 10.4 Å². The Balaban J connectivity index is 1.98. The molecular formula is C15H17N3OS. The molecule has 4 nitrogen and oxygen atoms in total. The van der Waals surface area contributed by atoms with Crippen LogP contribution in [0.2, 0.25) is 0 Å². The molecule has 1 heterocycles. The maximum absolute atomic E-state index is 11.7. The van der Waals surface area contributed by atoms with Crippen LogP contribution in [0.3, 0.4) is 0 Å². The zero-order valence-corrected chi connectivity index (χ0v) is 12.4. The number of thiazole rings is 1. The first-order valence-corrected chi connectivity index (χ1v) is 7.39. The minimum atomic E-state index is -0.133. The van der Waals surface area contributed by atoms with Crippen molar-refractivity contribution in [3.8, 4) is 11.3 Å². The molecule has 0 bridgehead atoms. The van der Waals surface area contributed by atoms with Crippen LogP contribution in [0.25, 0.3) is 11.3 Å². The maximum atomic E-state index is 11.7. The second-order valence-electron chi connectivity index (χ2n) is 4.40. The van der Waals surface area contributed by atoms with Crippen LogP contribution >= 0.6 is 11.3 Å². The van der Waals surface area contributed by atoms with Crippen LogP contribution in [0.15, 0.2) is 40.8 Å². The monoisotopic (exact) mass is 287 g/mol. The number of amides is 1. The molecule has 0 aliphatic carbocycles. The summed E-state index contributed by atoms with van der Waals surface area (Å²) in [4.78, 5) is 16.2. The van der Waals surface area contributed by atoms with E-state index in [9.17, 15) is 4.79 Å². The van der Waals surface area contributed by atoms with Crippen LogP contribution in [-0.2, 0) is 11.2 Å². The third-order valence-corrected chi connectivity index (χ3v) is 3.67. The largest absolute Gasteiger partial charge is 0.273 e. The lowest BCUT2D eigenvalue weighted by atomic mass is 10.2. The number of aromatic nitrogens is 1. The van der Waals surface area contributed by atoms with Crippen LogP contribution in [0.4, 0.5) is 0 Å². The quantitative estimate of drug-likeness (QED) is 0.678. The smallest absolute Gasteiger partial charge is 0.246 e. The summed E-state index contributed by atoms with van der Waals surface area (Å²) in [6, 6.07) is 9.94. The molecule has 2 rings (SSSR count). The summed E-state index contributed by atoms with van der Waals surface area (Å²) in [7, 11) is 0. The van der Waals surface area contributed by atoms with Crippen molar-refractivity contribution >= 4 is 23.0 Å². The van der Waals surface area contributed by atoms with Gasteiger partial charge in [-0.25, -0.2) is 10.4 Å². The number of hydrogen-bond acceptors (Lipinski definition) is 4. The fourth-order valence-electron chi connectivity index (χ4n) is 1.55. The Kier molecular flexibility index (Phi) is 5.01. The second-order valence-corrected chi connectivity index (χ2v) is 5.35. The Hall–Kier alpha value is -2.01. The predicted octanol–water partition coefficient (Wildman–Crippen LogP) is 3.25. The number of carbonyl (C=O) groups is 1. The van der Waals surface area contributed by atoms with Gasteiger partial charge in [-0.2, -0.15) is 5.10 Å². The first kappa shape index (κ1) is 14.4. The van der Waals surface area contributed by atoms with Crippen molar-refractivity contribution in [2.24, 2.45) is 5.10 Å². The Labute approximate surface area is 122 Å². The normalized spacial score (nSPS) is 11.4. The molecule has 2 aromatic rings. The molecule has 0 saturated heterocycles. The number of carbonyl (C=O) groups excluding carboxylic acids is 1. The van der Waals surface area contributed by atoms with Crippen molar-refractivity contribution in [2.45, 2.75) is 26.7 Å². The van der Waals surface area contributed by atoms with E-state index in [4.69, 9.17) is 0 Å². The van der Waals surface area contributed by atoms with Crippen molar-refractivity contribution < 1.29 is 4.79 Å². The first-order valence-electron chi connectivity index (χ1n) is 6.51. The van der Waals surface area contributed by atoms with Crippen molar-refractivity contribution in [2.75, 3.05) is 0 Å². The van der Waals surface area contributed by atoms with Gasteiger partial charge in [0, 0.05) is 16.7 Å². The predicted molar refractivity (Wildman–Crippen MR) is 82.8 cm³/mol. The summed E-state index contributed by atoms with van der Waals surface area (Å²) < 4.78 is 0. The van der Waals surface area contributed by atoms with Crippen LogP contribution in [-0.4, -0.2) is 16.6 Å². The maximum Gasteiger partial charge on any atom is 0.246 e. The summed E-state index contributed by atoms with van der Waals surface area (Å²) in [6.07, 6.45) is 1.09. The lowest BCUT2D eigenvalue weighted by Gasteiger charge is -1.99. The molecule has 0 saturated carbocycles. The van der Waals surface area contributed by atoms with E-state index in [1.807, 2.05) is 49.6 Å². The van der Waals surface area contributed by atoms with Crippen molar-refractivity contribution in [3.63, 3.8) is 0 Å². The van der Waals surface area contributed by atoms with Crippen LogP contribution in [0.1, 0.15) is 25.3 Å². The molecule has 0 radical (unpaired) electrons. The molecule has 1 aromatic carbocycles. The summed E-state index contributed by atoms with van der Waals surface area (Å²) in [5.74, 6) is -0.133. The molecule has 0 aliphatic rings. The van der Waals surface area contributed by atoms with Crippen LogP contribution in [0.5, 0.6) is 0 Å². The Morgan fingerprint density at radius 3 is 2.80 bits per heavy atom. The number of hydrogen-bond donors (Lipinski definition) is 1. The van der Waals surface area contributed by atoms with Crippen molar-refractivity contribution in [1.29, 1.82) is 0 Å². The highest BCUT2D eigenvalue weighted by atomic mass is 32.1. The lowest BCUT2D eigenvalue weighted by molar-refractivity contribution is -0.120. The SMILES string of the molecule is CC/C(C)=N\NC(=O)Cc1nc(-c2ccccc2)cs1. The topological polar surface area (TPSA) is 54.4 Å². The second kappa shape index (κ2) is 6.96. The van der Waals surface area contributed by atoms with E-state index in [-0.39, 0.29) is 12.3 Å². The van der Waals surface area contributed by atoms with Gasteiger partial charge in [-0.05, 0) is 13.3 Å². The van der Waals surface area contributed by atoms with E-state index >= 15 is 0 Å². The van der Waals surface area contributed by atoms with Gasteiger partial charge in [-0.15, -0.1) is 11.3 Å². The van der Waals surface area contributed by atoms with Gasteiger partial charge >= 0.3 is 0 Å². The molecule has 1 N–H and O–H groups in total. The number of benzene rings is 1. The molecule has 104 valence electrons. The lowest BCUT2D eigenvalue weighted by Crippen LogP contribution is -2.20. The molecule has 0 aliphatic heterocycles. The third-order valence-electron chi connectivity index (χ3n) is 2.82.